The highest BCUT2D eigenvalue weighted by Crippen LogP contribution is 2.28. The molecular weight excluding hydrogens is 422 g/mol. The lowest BCUT2D eigenvalue weighted by molar-refractivity contribution is 0.0995. The van der Waals surface area contributed by atoms with Gasteiger partial charge in [-0.15, -0.1) is 10.2 Å². The Morgan fingerprint density at radius 3 is 2.79 bits per heavy atom. The normalized spacial score (nSPS) is 18.4. The van der Waals surface area contributed by atoms with Gasteiger partial charge in [0.05, 0.1) is 17.4 Å². The minimum atomic E-state index is -0.727. The van der Waals surface area contributed by atoms with Crippen LogP contribution in [0.15, 0.2) is 36.7 Å². The first-order valence-corrected chi connectivity index (χ1v) is 10.8. The number of aryl methyl sites for hydroxylation is 1. The Kier molecular flexibility index (Phi) is 5.34. The van der Waals surface area contributed by atoms with Crippen molar-refractivity contribution in [3.8, 4) is 5.82 Å². The van der Waals surface area contributed by atoms with E-state index in [9.17, 15) is 4.79 Å². The smallest absolute Gasteiger partial charge is 0.273 e. The van der Waals surface area contributed by atoms with Gasteiger partial charge >= 0.3 is 0 Å². The van der Waals surface area contributed by atoms with Gasteiger partial charge in [0.25, 0.3) is 5.91 Å². The van der Waals surface area contributed by atoms with Crippen LogP contribution in [0.3, 0.4) is 0 Å². The summed E-state index contributed by atoms with van der Waals surface area (Å²) >= 11 is 0. The highest BCUT2D eigenvalue weighted by Gasteiger charge is 2.24. The Morgan fingerprint density at radius 1 is 1.18 bits per heavy atom. The van der Waals surface area contributed by atoms with Crippen molar-refractivity contribution in [2.45, 2.75) is 37.8 Å². The molecule has 5 rings (SSSR count). The van der Waals surface area contributed by atoms with E-state index in [2.05, 4.69) is 36.0 Å². The van der Waals surface area contributed by atoms with Gasteiger partial charge in [0.1, 0.15) is 0 Å². The molecule has 2 atom stereocenters. The molecule has 1 aliphatic rings. The fourth-order valence-corrected chi connectivity index (χ4v) is 4.13. The summed E-state index contributed by atoms with van der Waals surface area (Å²) in [7, 11) is 1.85. The molecule has 1 fully saturated rings. The Labute approximate surface area is 189 Å². The third-order valence-corrected chi connectivity index (χ3v) is 5.84. The Bertz CT molecular complexity index is 1310. The molecule has 3 heterocycles. The summed E-state index contributed by atoms with van der Waals surface area (Å²) in [5, 5.41) is 24.2. The fraction of sp³-hybridized carbons (Fsp3) is 0.333. The van der Waals surface area contributed by atoms with Crippen LogP contribution in [-0.4, -0.2) is 52.7 Å². The van der Waals surface area contributed by atoms with Crippen molar-refractivity contribution in [3.05, 3.63) is 42.4 Å². The Balaban J connectivity index is 1.49. The first-order chi connectivity index (χ1) is 16.0. The lowest BCUT2D eigenvalue weighted by atomic mass is 9.91. The molecule has 33 heavy (non-hydrogen) atoms. The molecular formula is C21H25N11O. The average molecular weight is 448 g/mol. The lowest BCUT2D eigenvalue weighted by Crippen LogP contribution is -2.43. The molecule has 0 aliphatic heterocycles. The summed E-state index contributed by atoms with van der Waals surface area (Å²) in [6.07, 6.45) is 7.65. The van der Waals surface area contributed by atoms with Crippen molar-refractivity contribution in [3.63, 3.8) is 0 Å². The van der Waals surface area contributed by atoms with E-state index < -0.39 is 5.91 Å². The molecule has 1 saturated carbocycles. The van der Waals surface area contributed by atoms with Gasteiger partial charge in [0, 0.05) is 36.8 Å². The maximum atomic E-state index is 12.0. The van der Waals surface area contributed by atoms with E-state index in [1.165, 1.54) is 0 Å². The number of nitrogens with zero attached hydrogens (tertiary/aromatic N) is 7. The van der Waals surface area contributed by atoms with Crippen molar-refractivity contribution in [2.75, 3.05) is 10.6 Å². The summed E-state index contributed by atoms with van der Waals surface area (Å²) < 4.78 is 3.45. The molecule has 1 amide bonds. The van der Waals surface area contributed by atoms with E-state index in [1.54, 1.807) is 15.6 Å². The molecule has 0 spiro atoms. The molecule has 0 saturated heterocycles. The minimum Gasteiger partial charge on any atom is -0.364 e. The molecule has 1 aliphatic carbocycles. The van der Waals surface area contributed by atoms with Gasteiger partial charge in [0.15, 0.2) is 17.3 Å². The van der Waals surface area contributed by atoms with Gasteiger partial charge in [0.2, 0.25) is 5.95 Å². The number of benzene rings is 1. The van der Waals surface area contributed by atoms with Gasteiger partial charge in [-0.2, -0.15) is 15.2 Å². The second kappa shape index (κ2) is 8.47. The third kappa shape index (κ3) is 4.07. The monoisotopic (exact) mass is 447 g/mol. The molecule has 1 aromatic carbocycles. The molecule has 6 N–H and O–H groups in total. The number of rotatable bonds is 6. The number of aromatic nitrogens is 7. The average Bonchev–Trinajstić information content (AvgIpc) is 3.42. The van der Waals surface area contributed by atoms with Crippen LogP contribution in [0.2, 0.25) is 0 Å². The van der Waals surface area contributed by atoms with Crippen LogP contribution in [0.25, 0.3) is 16.7 Å². The second-order valence-electron chi connectivity index (χ2n) is 8.16. The number of fused-ring (bicyclic) bond motifs is 1. The standard InChI is InChI=1S/C21H25N11O/c1-31-10-9-17(30-31)32-16-8-4-7-14(12(16)11-24-32)25-20-18(19(23)33)28-29-21(27-20)26-15-6-3-2-5-13(15)22/h4,7-11,13,15H,2-3,5-6,22H2,1H3,(H2,23,33)(H2,25,26,27,29)/t13-,15+/m0/s1. The Hall–Kier alpha value is -4.06. The van der Waals surface area contributed by atoms with Crippen LogP contribution < -0.4 is 22.1 Å². The number of nitrogens with one attached hydrogen (secondary N) is 2. The molecule has 12 nitrogen and oxygen atoms in total. The van der Waals surface area contributed by atoms with Crippen molar-refractivity contribution in [1.29, 1.82) is 0 Å². The number of hydrogen-bond acceptors (Lipinski definition) is 9. The van der Waals surface area contributed by atoms with Gasteiger partial charge in [-0.1, -0.05) is 18.9 Å². The molecule has 0 unspecified atom stereocenters. The van der Waals surface area contributed by atoms with E-state index in [4.69, 9.17) is 11.5 Å². The zero-order chi connectivity index (χ0) is 22.9. The maximum absolute atomic E-state index is 12.0. The second-order valence-corrected chi connectivity index (χ2v) is 8.16. The van der Waals surface area contributed by atoms with E-state index in [1.807, 2.05) is 37.5 Å². The predicted octanol–water partition coefficient (Wildman–Crippen LogP) is 1.47. The van der Waals surface area contributed by atoms with Crippen LogP contribution in [-0.2, 0) is 7.05 Å². The number of primary amides is 1. The minimum absolute atomic E-state index is 0.0146. The van der Waals surface area contributed by atoms with Crippen LogP contribution in [0.5, 0.6) is 0 Å². The number of hydrogen-bond donors (Lipinski definition) is 4. The van der Waals surface area contributed by atoms with Crippen LogP contribution in [0.1, 0.15) is 36.2 Å². The van der Waals surface area contributed by atoms with Gasteiger partial charge < -0.3 is 22.1 Å². The first kappa shape index (κ1) is 20.8. The number of carbonyl (C=O) groups excluding carboxylic acids is 1. The molecule has 12 heteroatoms. The summed E-state index contributed by atoms with van der Waals surface area (Å²) in [5.74, 6) is 0.472. The zero-order valence-corrected chi connectivity index (χ0v) is 18.1. The van der Waals surface area contributed by atoms with Crippen molar-refractivity contribution in [2.24, 2.45) is 18.5 Å². The first-order valence-electron chi connectivity index (χ1n) is 10.8. The highest BCUT2D eigenvalue weighted by molar-refractivity contribution is 5.99. The molecule has 170 valence electrons. The van der Waals surface area contributed by atoms with Crippen molar-refractivity contribution in [1.82, 2.24) is 34.7 Å². The summed E-state index contributed by atoms with van der Waals surface area (Å²) in [6, 6.07) is 7.62. The van der Waals surface area contributed by atoms with E-state index in [0.29, 0.717) is 17.5 Å². The predicted molar refractivity (Wildman–Crippen MR) is 123 cm³/mol. The molecule has 3 aromatic heterocycles. The summed E-state index contributed by atoms with van der Waals surface area (Å²) in [4.78, 5) is 16.5. The number of carbonyl (C=O) groups is 1. The van der Waals surface area contributed by atoms with Gasteiger partial charge in [-0.05, 0) is 25.0 Å². The van der Waals surface area contributed by atoms with Gasteiger partial charge in [-0.25, -0.2) is 4.68 Å². The number of nitrogens with two attached hydrogens (primary N) is 2. The highest BCUT2D eigenvalue weighted by atomic mass is 16.1. The lowest BCUT2D eigenvalue weighted by Gasteiger charge is -2.29. The number of anilines is 3. The topological polar surface area (TPSA) is 167 Å². The summed E-state index contributed by atoms with van der Waals surface area (Å²) in [5.41, 5.74) is 13.2. The summed E-state index contributed by atoms with van der Waals surface area (Å²) in [6.45, 7) is 0. The van der Waals surface area contributed by atoms with Crippen LogP contribution >= 0.6 is 0 Å². The van der Waals surface area contributed by atoms with Crippen molar-refractivity contribution >= 4 is 34.3 Å². The van der Waals surface area contributed by atoms with E-state index in [-0.39, 0.29) is 23.6 Å². The van der Waals surface area contributed by atoms with E-state index in [0.717, 1.165) is 36.6 Å². The molecule has 0 bridgehead atoms. The van der Waals surface area contributed by atoms with Gasteiger partial charge in [-0.3, -0.25) is 9.48 Å². The largest absolute Gasteiger partial charge is 0.364 e. The fourth-order valence-electron chi connectivity index (χ4n) is 4.13. The molecule has 0 radical (unpaired) electrons. The Morgan fingerprint density at radius 2 is 2.03 bits per heavy atom. The van der Waals surface area contributed by atoms with Crippen molar-refractivity contribution < 1.29 is 4.79 Å². The number of amides is 1. The van der Waals surface area contributed by atoms with Crippen LogP contribution in [0, 0.1) is 0 Å². The maximum Gasteiger partial charge on any atom is 0.273 e. The SMILES string of the molecule is Cn1ccc(-n2ncc3c(Nc4nc(N[C@@H]5CCCC[C@@H]5N)nnc4C(N)=O)cccc32)n1. The molecule has 4 aromatic rings. The quantitative estimate of drug-likeness (QED) is 0.342. The third-order valence-electron chi connectivity index (χ3n) is 5.84. The zero-order valence-electron chi connectivity index (χ0n) is 18.1. The van der Waals surface area contributed by atoms with Crippen LogP contribution in [0.4, 0.5) is 17.5 Å². The van der Waals surface area contributed by atoms with E-state index >= 15 is 0 Å².